The third-order valence-corrected chi connectivity index (χ3v) is 5.07. The lowest BCUT2D eigenvalue weighted by Gasteiger charge is -2.33. The Kier molecular flexibility index (Phi) is 5.17. The van der Waals surface area contributed by atoms with Gasteiger partial charge in [0.25, 0.3) is 0 Å². The molecule has 0 amide bonds. The van der Waals surface area contributed by atoms with Crippen LogP contribution >= 0.6 is 24.0 Å². The molecule has 3 N–H and O–H groups in total. The van der Waals surface area contributed by atoms with Crippen molar-refractivity contribution >= 4 is 28.3 Å². The van der Waals surface area contributed by atoms with Gasteiger partial charge < -0.3 is 11.1 Å². The number of benzene rings is 2. The molecule has 2 nitrogen and oxygen atoms in total. The van der Waals surface area contributed by atoms with Gasteiger partial charge in [-0.2, -0.15) is 0 Å². The van der Waals surface area contributed by atoms with E-state index in [9.17, 15) is 0 Å². The van der Waals surface area contributed by atoms with Crippen LogP contribution in [0.5, 0.6) is 0 Å². The first-order valence-corrected chi connectivity index (χ1v) is 7.67. The molecular formula is C16H18N2S2. The summed E-state index contributed by atoms with van der Waals surface area (Å²) in [5.74, 6) is 0. The monoisotopic (exact) mass is 302 g/mol. The zero-order valence-electron chi connectivity index (χ0n) is 11.4. The zero-order valence-corrected chi connectivity index (χ0v) is 13.0. The van der Waals surface area contributed by atoms with E-state index in [0.717, 1.165) is 15.4 Å². The standard InChI is InChI=1S/C16H18N2S2/c1-18-15(19)20-16(12-17,13-8-4-2-5-9-13)14-10-6-3-7-11-14/h2-11H,12,17H2,1H3,(H,18,19). The summed E-state index contributed by atoms with van der Waals surface area (Å²) in [7, 11) is 1.84. The summed E-state index contributed by atoms with van der Waals surface area (Å²) in [6, 6.07) is 20.6. The summed E-state index contributed by atoms with van der Waals surface area (Å²) >= 11 is 6.96. The molecule has 0 bridgehead atoms. The normalized spacial score (nSPS) is 11.1. The average molecular weight is 302 g/mol. The quantitative estimate of drug-likeness (QED) is 0.851. The highest BCUT2D eigenvalue weighted by Gasteiger charge is 2.34. The molecule has 0 aromatic heterocycles. The molecule has 0 atom stereocenters. The Morgan fingerprint density at radius 3 is 1.85 bits per heavy atom. The van der Waals surface area contributed by atoms with Crippen LogP contribution in [0, 0.1) is 0 Å². The molecule has 4 heteroatoms. The predicted molar refractivity (Wildman–Crippen MR) is 92.0 cm³/mol. The molecular weight excluding hydrogens is 284 g/mol. The minimum absolute atomic E-state index is 0.359. The summed E-state index contributed by atoms with van der Waals surface area (Å²) in [5, 5.41) is 3.03. The third kappa shape index (κ3) is 3.03. The van der Waals surface area contributed by atoms with E-state index in [4.69, 9.17) is 18.0 Å². The smallest absolute Gasteiger partial charge is 0.134 e. The summed E-state index contributed by atoms with van der Waals surface area (Å²) in [6.45, 7) is 0.480. The van der Waals surface area contributed by atoms with E-state index in [0.29, 0.717) is 6.54 Å². The largest absolute Gasteiger partial charge is 0.374 e. The summed E-state index contributed by atoms with van der Waals surface area (Å²) in [4.78, 5) is 0. The van der Waals surface area contributed by atoms with E-state index in [-0.39, 0.29) is 4.75 Å². The van der Waals surface area contributed by atoms with E-state index in [1.807, 2.05) is 43.4 Å². The molecule has 2 aromatic carbocycles. The number of hydrogen-bond acceptors (Lipinski definition) is 3. The van der Waals surface area contributed by atoms with Crippen molar-refractivity contribution in [1.29, 1.82) is 0 Å². The van der Waals surface area contributed by atoms with E-state index in [1.165, 1.54) is 0 Å². The van der Waals surface area contributed by atoms with Gasteiger partial charge in [0.15, 0.2) is 0 Å². The van der Waals surface area contributed by atoms with Gasteiger partial charge in [0, 0.05) is 13.6 Å². The van der Waals surface area contributed by atoms with Crippen molar-refractivity contribution < 1.29 is 0 Å². The van der Waals surface area contributed by atoms with Gasteiger partial charge in [-0.1, -0.05) is 84.6 Å². The minimum Gasteiger partial charge on any atom is -0.374 e. The Morgan fingerprint density at radius 2 is 1.50 bits per heavy atom. The van der Waals surface area contributed by atoms with E-state index in [1.54, 1.807) is 11.8 Å². The number of nitrogens with one attached hydrogen (secondary N) is 1. The van der Waals surface area contributed by atoms with Gasteiger partial charge >= 0.3 is 0 Å². The fraction of sp³-hybridized carbons (Fsp3) is 0.188. The van der Waals surface area contributed by atoms with E-state index in [2.05, 4.69) is 29.6 Å². The van der Waals surface area contributed by atoms with Crippen molar-refractivity contribution in [3.63, 3.8) is 0 Å². The van der Waals surface area contributed by atoms with E-state index >= 15 is 0 Å². The second-order valence-electron chi connectivity index (χ2n) is 4.40. The summed E-state index contributed by atoms with van der Waals surface area (Å²) in [6.07, 6.45) is 0. The van der Waals surface area contributed by atoms with Crippen LogP contribution in [0.2, 0.25) is 0 Å². The predicted octanol–water partition coefficient (Wildman–Crippen LogP) is 3.13. The molecule has 0 radical (unpaired) electrons. The Hall–Kier alpha value is -1.36. The van der Waals surface area contributed by atoms with Crippen LogP contribution in [0.25, 0.3) is 0 Å². The maximum absolute atomic E-state index is 6.17. The molecule has 20 heavy (non-hydrogen) atoms. The SMILES string of the molecule is CNC(=S)SC(CN)(c1ccccc1)c1ccccc1. The van der Waals surface area contributed by atoms with Crippen molar-refractivity contribution in [2.45, 2.75) is 4.75 Å². The molecule has 0 spiro atoms. The lowest BCUT2D eigenvalue weighted by molar-refractivity contribution is 0.754. The highest BCUT2D eigenvalue weighted by atomic mass is 32.2. The summed E-state index contributed by atoms with van der Waals surface area (Å²) < 4.78 is 0.381. The average Bonchev–Trinajstić information content (AvgIpc) is 2.54. The number of nitrogens with two attached hydrogens (primary N) is 1. The maximum atomic E-state index is 6.17. The molecule has 2 aromatic rings. The third-order valence-electron chi connectivity index (χ3n) is 3.24. The molecule has 0 aliphatic heterocycles. The topological polar surface area (TPSA) is 38.0 Å². The van der Waals surface area contributed by atoms with Gasteiger partial charge in [0.2, 0.25) is 0 Å². The second-order valence-corrected chi connectivity index (χ2v) is 6.38. The van der Waals surface area contributed by atoms with Gasteiger partial charge in [-0.25, -0.2) is 0 Å². The highest BCUT2D eigenvalue weighted by molar-refractivity contribution is 8.23. The molecule has 2 rings (SSSR count). The van der Waals surface area contributed by atoms with Gasteiger partial charge in [-0.05, 0) is 11.1 Å². The molecule has 0 heterocycles. The fourth-order valence-corrected chi connectivity index (χ4v) is 3.62. The molecule has 0 saturated carbocycles. The van der Waals surface area contributed by atoms with Gasteiger partial charge in [0.05, 0.1) is 4.75 Å². The Morgan fingerprint density at radius 1 is 1.05 bits per heavy atom. The van der Waals surface area contributed by atoms with Gasteiger partial charge in [-0.15, -0.1) is 0 Å². The van der Waals surface area contributed by atoms with Crippen LogP contribution in [0.4, 0.5) is 0 Å². The molecule has 0 aliphatic rings. The lowest BCUT2D eigenvalue weighted by atomic mass is 9.90. The lowest BCUT2D eigenvalue weighted by Crippen LogP contribution is -2.35. The van der Waals surface area contributed by atoms with Crippen LogP contribution in [0.1, 0.15) is 11.1 Å². The van der Waals surface area contributed by atoms with Gasteiger partial charge in [0.1, 0.15) is 4.32 Å². The summed E-state index contributed by atoms with van der Waals surface area (Å²) in [5.41, 5.74) is 8.49. The van der Waals surface area contributed by atoms with Crippen molar-refractivity contribution in [3.05, 3.63) is 71.8 Å². The Balaban J connectivity index is 2.55. The molecule has 0 fully saturated rings. The van der Waals surface area contributed by atoms with Crippen molar-refractivity contribution in [1.82, 2.24) is 5.32 Å². The fourth-order valence-electron chi connectivity index (χ4n) is 2.19. The van der Waals surface area contributed by atoms with Crippen molar-refractivity contribution in [3.8, 4) is 0 Å². The Bertz CT molecular complexity index is 516. The number of thiocarbonyl (C=S) groups is 1. The molecule has 0 unspecified atom stereocenters. The maximum Gasteiger partial charge on any atom is 0.134 e. The first-order valence-electron chi connectivity index (χ1n) is 6.45. The molecule has 0 aliphatic carbocycles. The second kappa shape index (κ2) is 6.88. The van der Waals surface area contributed by atoms with Crippen LogP contribution in [0.15, 0.2) is 60.7 Å². The number of hydrogen-bond donors (Lipinski definition) is 2. The van der Waals surface area contributed by atoms with E-state index < -0.39 is 0 Å². The Labute approximate surface area is 129 Å². The number of rotatable bonds is 4. The highest BCUT2D eigenvalue weighted by Crippen LogP contribution is 2.42. The minimum atomic E-state index is -0.359. The first-order chi connectivity index (χ1) is 9.73. The molecule has 104 valence electrons. The zero-order chi connectivity index (χ0) is 14.4. The van der Waals surface area contributed by atoms with Gasteiger partial charge in [-0.3, -0.25) is 0 Å². The van der Waals surface area contributed by atoms with Crippen LogP contribution in [0.3, 0.4) is 0 Å². The van der Waals surface area contributed by atoms with Crippen molar-refractivity contribution in [2.24, 2.45) is 5.73 Å². The number of thioether (sulfide) groups is 1. The van der Waals surface area contributed by atoms with Crippen molar-refractivity contribution in [2.75, 3.05) is 13.6 Å². The van der Waals surface area contributed by atoms with Crippen LogP contribution < -0.4 is 11.1 Å². The van der Waals surface area contributed by atoms with Crippen LogP contribution in [-0.4, -0.2) is 17.9 Å². The van der Waals surface area contributed by atoms with Crippen LogP contribution in [-0.2, 0) is 4.75 Å². The molecule has 0 saturated heterocycles. The first kappa shape index (κ1) is 15.0.